The highest BCUT2D eigenvalue weighted by atomic mass is 32.2. The summed E-state index contributed by atoms with van der Waals surface area (Å²) in [5, 5.41) is 21.9. The molecular weight excluding hydrogens is 540 g/mol. The Kier molecular flexibility index (Phi) is 6.71. The summed E-state index contributed by atoms with van der Waals surface area (Å²) >= 11 is 0. The quantitative estimate of drug-likeness (QED) is 0.191. The number of carbonyl (C=O) groups excluding carboxylic acids is 1. The number of benzene rings is 3. The van der Waals surface area contributed by atoms with E-state index in [4.69, 9.17) is 9.47 Å². The predicted octanol–water partition coefficient (Wildman–Crippen LogP) is 7.19. The monoisotopic (exact) mass is 563 g/mol. The van der Waals surface area contributed by atoms with Crippen molar-refractivity contribution < 1.29 is 24.2 Å². The molecule has 3 aromatic carbocycles. The van der Waals surface area contributed by atoms with Gasteiger partial charge in [0.05, 0.1) is 11.3 Å². The molecule has 10 heteroatoms. The van der Waals surface area contributed by atoms with Gasteiger partial charge < -0.3 is 19.9 Å². The molecule has 3 heterocycles. The highest BCUT2D eigenvalue weighted by Crippen LogP contribution is 2.54. The highest BCUT2D eigenvalue weighted by Gasteiger charge is 2.41. The lowest BCUT2D eigenvalue weighted by Crippen LogP contribution is -2.34. The maximum absolute atomic E-state index is 12.6. The summed E-state index contributed by atoms with van der Waals surface area (Å²) < 4.78 is 11.8. The van der Waals surface area contributed by atoms with Gasteiger partial charge in [-0.05, 0) is 53.6 Å². The van der Waals surface area contributed by atoms with Gasteiger partial charge in [0.2, 0.25) is 4.88 Å². The highest BCUT2D eigenvalue weighted by molar-refractivity contribution is 7.57. The molecule has 1 unspecified atom stereocenters. The maximum Gasteiger partial charge on any atom is 0.554 e. The second kappa shape index (κ2) is 10.6. The zero-order valence-corrected chi connectivity index (χ0v) is 22.6. The van der Waals surface area contributed by atoms with Crippen molar-refractivity contribution in [2.24, 2.45) is 0 Å². The van der Waals surface area contributed by atoms with Crippen LogP contribution in [0.1, 0.15) is 16.7 Å². The van der Waals surface area contributed by atoms with Gasteiger partial charge in [-0.3, -0.25) is 4.90 Å². The molecule has 202 valence electrons. The number of hydrogen-bond acceptors (Lipinski definition) is 6. The second-order valence-corrected chi connectivity index (χ2v) is 11.1. The van der Waals surface area contributed by atoms with Gasteiger partial charge in [0.1, 0.15) is 52.3 Å². The summed E-state index contributed by atoms with van der Waals surface area (Å²) in [6, 6.07) is 25.6. The Morgan fingerprint density at radius 1 is 1.02 bits per heavy atom. The van der Waals surface area contributed by atoms with Crippen molar-refractivity contribution in [3.63, 3.8) is 0 Å². The van der Waals surface area contributed by atoms with E-state index in [-0.39, 0.29) is 6.03 Å². The molecule has 5 aromatic rings. The third-order valence-corrected chi connectivity index (χ3v) is 8.63. The normalized spacial score (nSPS) is 12.5. The number of amides is 2. The number of carboxylic acid groups (broad SMARTS) is 1. The fraction of sp³-hybridized carbons (Fsp3) is 0.0968. The van der Waals surface area contributed by atoms with Gasteiger partial charge in [-0.25, -0.2) is 9.78 Å². The van der Waals surface area contributed by atoms with E-state index in [1.54, 1.807) is 31.3 Å². The van der Waals surface area contributed by atoms with Crippen LogP contribution in [0.2, 0.25) is 0 Å². The Balaban J connectivity index is 1.22. The smallest absolute Gasteiger partial charge is 0.489 e. The first-order chi connectivity index (χ1) is 19.9. The molecule has 2 aromatic heterocycles. The number of urea groups is 1. The number of nitriles is 1. The van der Waals surface area contributed by atoms with E-state index in [2.05, 4.69) is 16.4 Å². The molecule has 0 aliphatic carbocycles. The van der Waals surface area contributed by atoms with Crippen LogP contribution in [0.3, 0.4) is 0 Å². The van der Waals surface area contributed by atoms with Gasteiger partial charge in [0.15, 0.2) is 0 Å². The molecule has 2 amide bonds. The molecule has 41 heavy (non-hydrogen) atoms. The van der Waals surface area contributed by atoms with Crippen molar-refractivity contribution in [1.29, 1.82) is 5.26 Å². The molecule has 0 saturated carbocycles. The average Bonchev–Trinajstić information content (AvgIpc) is 3.35. The predicted molar refractivity (Wildman–Crippen MR) is 157 cm³/mol. The van der Waals surface area contributed by atoms with Crippen LogP contribution in [0.4, 0.5) is 21.0 Å². The van der Waals surface area contributed by atoms with Crippen LogP contribution in [0.5, 0.6) is 11.5 Å². The molecular formula is C31H23N4O5S+. The van der Waals surface area contributed by atoms with Gasteiger partial charge in [-0.2, -0.15) is 10.1 Å². The fourth-order valence-corrected chi connectivity index (χ4v) is 6.69. The first-order valence-corrected chi connectivity index (χ1v) is 13.9. The van der Waals surface area contributed by atoms with Crippen LogP contribution in [0.25, 0.3) is 20.7 Å². The summed E-state index contributed by atoms with van der Waals surface area (Å²) in [5.41, 5.74) is 4.10. The van der Waals surface area contributed by atoms with Crippen molar-refractivity contribution in [2.75, 3.05) is 17.3 Å². The minimum Gasteiger partial charge on any atom is -0.489 e. The third-order valence-electron chi connectivity index (χ3n) is 6.74. The number of nitrogens with one attached hydrogen (secondary N) is 1. The summed E-state index contributed by atoms with van der Waals surface area (Å²) in [6.07, 6.45) is 1.52. The molecule has 1 atom stereocenters. The van der Waals surface area contributed by atoms with Crippen LogP contribution in [0.15, 0.2) is 85.1 Å². The van der Waals surface area contributed by atoms with Crippen LogP contribution in [-0.4, -0.2) is 28.5 Å². The molecule has 2 N–H and O–H groups in total. The van der Waals surface area contributed by atoms with E-state index in [1.165, 1.54) is 11.1 Å². The van der Waals surface area contributed by atoms with E-state index in [1.807, 2.05) is 54.6 Å². The molecule has 0 radical (unpaired) electrons. The fourth-order valence-electron chi connectivity index (χ4n) is 4.77. The van der Waals surface area contributed by atoms with Crippen molar-refractivity contribution in [1.82, 2.24) is 4.98 Å². The number of rotatable bonds is 8. The van der Waals surface area contributed by atoms with Crippen molar-refractivity contribution in [3.05, 3.63) is 102 Å². The van der Waals surface area contributed by atoms with E-state index >= 15 is 0 Å². The number of nitrogens with zero attached hydrogens (tertiary/aromatic N) is 3. The lowest BCUT2D eigenvalue weighted by atomic mass is 10.1. The minimum atomic E-state index is -1.35. The Morgan fingerprint density at radius 2 is 1.80 bits per heavy atom. The molecule has 6 rings (SSSR count). The van der Waals surface area contributed by atoms with Crippen LogP contribution in [0, 0.1) is 11.3 Å². The Morgan fingerprint density at radius 3 is 2.59 bits per heavy atom. The van der Waals surface area contributed by atoms with Gasteiger partial charge in [-0.1, -0.05) is 36.4 Å². The number of hydrogen-bond donors (Lipinski definition) is 2. The lowest BCUT2D eigenvalue weighted by Gasteiger charge is -2.22. The molecule has 0 saturated heterocycles. The molecule has 0 fully saturated rings. The summed E-state index contributed by atoms with van der Waals surface area (Å²) in [4.78, 5) is 31.9. The molecule has 1 aliphatic heterocycles. The van der Waals surface area contributed by atoms with Gasteiger partial charge in [0, 0.05) is 18.8 Å². The van der Waals surface area contributed by atoms with Crippen molar-refractivity contribution in [3.8, 4) is 28.0 Å². The molecule has 0 bridgehead atoms. The zero-order chi connectivity index (χ0) is 28.5. The Bertz CT molecular complexity index is 1860. The Labute approximate surface area is 237 Å². The third kappa shape index (κ3) is 4.79. The van der Waals surface area contributed by atoms with E-state index < -0.39 is 15.8 Å². The molecule has 0 spiro atoms. The summed E-state index contributed by atoms with van der Waals surface area (Å²) in [5.74, 6) is 1.20. The number of ether oxygens (including phenoxy) is 2. The zero-order valence-electron chi connectivity index (χ0n) is 21.8. The maximum atomic E-state index is 12.6. The van der Waals surface area contributed by atoms with Crippen LogP contribution >= 0.6 is 10.5 Å². The summed E-state index contributed by atoms with van der Waals surface area (Å²) in [6.45, 7) is 0.589. The van der Waals surface area contributed by atoms with Gasteiger partial charge in [-0.15, -0.1) is 0 Å². The van der Waals surface area contributed by atoms with Crippen molar-refractivity contribution in [2.45, 2.75) is 13.2 Å². The van der Waals surface area contributed by atoms with Gasteiger partial charge in [0.25, 0.3) is 4.83 Å². The van der Waals surface area contributed by atoms with Crippen molar-refractivity contribution >= 4 is 43.4 Å². The number of aromatic nitrogens is 1. The van der Waals surface area contributed by atoms with Crippen LogP contribution < -0.4 is 19.7 Å². The molecule has 1 aliphatic rings. The number of anilines is 2. The number of carbonyl (C=O) groups is 2. The van der Waals surface area contributed by atoms with E-state index in [9.17, 15) is 20.0 Å². The summed E-state index contributed by atoms with van der Waals surface area (Å²) in [7, 11) is 0.279. The number of pyridine rings is 1. The molecule has 9 nitrogen and oxygen atoms in total. The van der Waals surface area contributed by atoms with E-state index in [0.29, 0.717) is 62.3 Å². The Hall–Kier alpha value is -5.40. The van der Waals surface area contributed by atoms with Gasteiger partial charge >= 0.3 is 11.3 Å². The minimum absolute atomic E-state index is 0.291. The SMILES string of the molecule is CN1C(=O)Nc2ccnc3c2c1c(-c1ccc(COc2cccc(COc4ccccc4C#N)c2)cc1)[s+]3C(=O)O. The van der Waals surface area contributed by atoms with Crippen LogP contribution in [-0.2, 0) is 13.2 Å². The topological polar surface area (TPSA) is 125 Å². The standard InChI is InChI=1S/C31H22N4O5S/c1-35-27-26-24(34-30(35)36)13-14-33-29(26)41(31(37)38)28(27)21-11-9-19(10-12-21)17-39-23-7-4-5-20(15-23)18-40-25-8-3-2-6-22(25)16-32/h2-15H,17-18H2,1H3,(H-,33,34,36,37,38)/p+1. The van der Waals surface area contributed by atoms with E-state index in [0.717, 1.165) is 11.1 Å². The average molecular weight is 564 g/mol. The largest absolute Gasteiger partial charge is 0.554 e. The first-order valence-electron chi connectivity index (χ1n) is 12.6. The number of para-hydroxylation sites is 1. The lowest BCUT2D eigenvalue weighted by molar-refractivity contribution is 0.221. The first kappa shape index (κ1) is 25.9. The number of thiophene rings is 1. The second-order valence-electron chi connectivity index (χ2n) is 9.31.